The van der Waals surface area contributed by atoms with Crippen molar-refractivity contribution in [1.82, 2.24) is 0 Å². The lowest BCUT2D eigenvalue weighted by Gasteiger charge is -2.32. The lowest BCUT2D eigenvalue weighted by atomic mass is 9.73. The molecule has 0 amide bonds. The van der Waals surface area contributed by atoms with Gasteiger partial charge in [-0.1, -0.05) is 240 Å². The van der Waals surface area contributed by atoms with Crippen LogP contribution in [0.1, 0.15) is 272 Å². The Morgan fingerprint density at radius 2 is 0.500 bits per heavy atom. The van der Waals surface area contributed by atoms with E-state index in [1.807, 2.05) is 0 Å². The lowest BCUT2D eigenvalue weighted by molar-refractivity contribution is -0.195. The van der Waals surface area contributed by atoms with Crippen molar-refractivity contribution in [2.45, 2.75) is 272 Å². The van der Waals surface area contributed by atoms with E-state index in [1.165, 1.54) is 128 Å². The summed E-state index contributed by atoms with van der Waals surface area (Å²) < 4.78 is 23.2. The summed E-state index contributed by atoms with van der Waals surface area (Å²) in [6.45, 7) is 10.9. The van der Waals surface area contributed by atoms with E-state index >= 15 is 0 Å². The topological polar surface area (TPSA) is 105 Å². The van der Waals surface area contributed by atoms with Crippen LogP contribution in [0.2, 0.25) is 0 Å². The molecule has 8 heteroatoms. The van der Waals surface area contributed by atoms with Crippen LogP contribution in [0.4, 0.5) is 0 Å². The highest BCUT2D eigenvalue weighted by atomic mass is 16.6. The summed E-state index contributed by atoms with van der Waals surface area (Å²) in [5.41, 5.74) is -2.58. The van der Waals surface area contributed by atoms with E-state index in [4.69, 9.17) is 18.9 Å². The minimum Gasteiger partial charge on any atom is -0.465 e. The van der Waals surface area contributed by atoms with E-state index in [0.717, 1.165) is 77.0 Å². The van der Waals surface area contributed by atoms with E-state index in [-0.39, 0.29) is 32.8 Å². The fourth-order valence-electron chi connectivity index (χ4n) is 8.09. The normalized spacial score (nSPS) is 12.0. The first kappa shape index (κ1) is 57.9. The summed E-state index contributed by atoms with van der Waals surface area (Å²) >= 11 is 0. The average Bonchev–Trinajstić information content (AvgIpc) is 3.25. The van der Waals surface area contributed by atoms with Crippen molar-refractivity contribution in [1.29, 1.82) is 0 Å². The largest absolute Gasteiger partial charge is 0.465 e. The molecular formula is C52H98O8. The summed E-state index contributed by atoms with van der Waals surface area (Å²) in [4.78, 5) is 57.0. The van der Waals surface area contributed by atoms with E-state index < -0.39 is 35.2 Å². The van der Waals surface area contributed by atoms with E-state index in [0.29, 0.717) is 25.7 Å². The summed E-state index contributed by atoms with van der Waals surface area (Å²) in [6, 6.07) is 0. The minimum atomic E-state index is -2.58. The van der Waals surface area contributed by atoms with Gasteiger partial charge in [0.15, 0.2) is 0 Å². The Kier molecular flexibility index (Phi) is 42.0. The van der Waals surface area contributed by atoms with Gasteiger partial charge in [-0.15, -0.1) is 0 Å². The zero-order valence-electron chi connectivity index (χ0n) is 40.3. The number of hydrogen-bond acceptors (Lipinski definition) is 8. The number of carbonyl (C=O) groups is 4. The van der Waals surface area contributed by atoms with Crippen LogP contribution in [0.15, 0.2) is 0 Å². The van der Waals surface area contributed by atoms with Crippen LogP contribution >= 0.6 is 0 Å². The quantitative estimate of drug-likeness (QED) is 0.0258. The molecule has 0 N–H and O–H groups in total. The highest BCUT2D eigenvalue weighted by Gasteiger charge is 2.65. The monoisotopic (exact) mass is 851 g/mol. The van der Waals surface area contributed by atoms with Crippen molar-refractivity contribution < 1.29 is 38.1 Å². The molecule has 0 radical (unpaired) electrons. The molecular weight excluding hydrogens is 753 g/mol. The molecule has 1 unspecified atom stereocenters. The van der Waals surface area contributed by atoms with Crippen LogP contribution in [0, 0.1) is 11.3 Å². The van der Waals surface area contributed by atoms with Gasteiger partial charge in [0.2, 0.25) is 0 Å². The summed E-state index contributed by atoms with van der Waals surface area (Å²) in [5, 5.41) is 0. The van der Waals surface area contributed by atoms with Gasteiger partial charge < -0.3 is 18.9 Å². The number of hydrogen-bond donors (Lipinski definition) is 0. The molecule has 354 valence electrons. The molecule has 0 rings (SSSR count). The van der Waals surface area contributed by atoms with Crippen molar-refractivity contribution in [2.75, 3.05) is 26.4 Å². The van der Waals surface area contributed by atoms with Gasteiger partial charge in [-0.25, -0.2) is 0 Å². The fourth-order valence-corrected chi connectivity index (χ4v) is 8.09. The maximum absolute atomic E-state index is 14.4. The van der Waals surface area contributed by atoms with E-state index in [1.54, 1.807) is 6.92 Å². The van der Waals surface area contributed by atoms with Crippen molar-refractivity contribution >= 4 is 23.9 Å². The Hall–Kier alpha value is -2.12. The van der Waals surface area contributed by atoms with Crippen LogP contribution in [-0.4, -0.2) is 50.3 Å². The molecule has 60 heavy (non-hydrogen) atoms. The predicted octanol–water partition coefficient (Wildman–Crippen LogP) is 15.3. The van der Waals surface area contributed by atoms with Gasteiger partial charge in [-0.3, -0.25) is 19.2 Å². The number of rotatable bonds is 46. The van der Waals surface area contributed by atoms with E-state index in [9.17, 15) is 19.2 Å². The Bertz CT molecular complexity index is 908. The van der Waals surface area contributed by atoms with E-state index in [2.05, 4.69) is 27.7 Å². The standard InChI is InChI=1S/C52H98O8/c1-6-11-15-19-23-27-31-35-39-43-57-48(53)47(10-5)52(49(54)58-44-40-36-32-28-24-20-16-12-7-2,50(55)59-45-41-37-33-29-25-21-17-13-8-3)51(56)60-46-42-38-34-30-26-22-18-14-9-4/h47H,6-46H2,1-5H3. The second-order valence-electron chi connectivity index (χ2n) is 17.7. The molecule has 0 aliphatic heterocycles. The van der Waals surface area contributed by atoms with Crippen LogP contribution in [0.5, 0.6) is 0 Å². The third-order valence-corrected chi connectivity index (χ3v) is 12.1. The van der Waals surface area contributed by atoms with Crippen molar-refractivity contribution in [3.8, 4) is 0 Å². The highest BCUT2D eigenvalue weighted by Crippen LogP contribution is 2.37. The first-order chi connectivity index (χ1) is 29.4. The second-order valence-corrected chi connectivity index (χ2v) is 17.7. The van der Waals surface area contributed by atoms with Gasteiger partial charge in [-0.05, 0) is 32.1 Å². The third kappa shape index (κ3) is 29.2. The molecule has 0 saturated heterocycles. The molecule has 0 aromatic heterocycles. The van der Waals surface area contributed by atoms with Crippen molar-refractivity contribution in [3.63, 3.8) is 0 Å². The molecule has 0 spiro atoms. The summed E-state index contributed by atoms with van der Waals surface area (Å²) in [5.74, 6) is -5.33. The Morgan fingerprint density at radius 3 is 0.717 bits per heavy atom. The molecule has 0 bridgehead atoms. The molecule has 8 nitrogen and oxygen atoms in total. The van der Waals surface area contributed by atoms with Gasteiger partial charge in [-0.2, -0.15) is 0 Å². The number of carbonyl (C=O) groups excluding carboxylic acids is 4. The summed E-state index contributed by atoms with van der Waals surface area (Å²) in [6.07, 6.45) is 39.6. The van der Waals surface area contributed by atoms with Crippen LogP contribution in [0.3, 0.4) is 0 Å². The first-order valence-electron chi connectivity index (χ1n) is 26.1. The number of unbranched alkanes of at least 4 members (excludes halogenated alkanes) is 32. The zero-order valence-corrected chi connectivity index (χ0v) is 40.3. The molecule has 0 aliphatic carbocycles. The smallest absolute Gasteiger partial charge is 0.336 e. The van der Waals surface area contributed by atoms with Crippen LogP contribution < -0.4 is 0 Å². The zero-order chi connectivity index (χ0) is 44.2. The molecule has 0 aromatic carbocycles. The van der Waals surface area contributed by atoms with Gasteiger partial charge in [0.05, 0.1) is 32.3 Å². The lowest BCUT2D eigenvalue weighted by Crippen LogP contribution is -2.57. The van der Waals surface area contributed by atoms with Gasteiger partial charge >= 0.3 is 23.9 Å². The predicted molar refractivity (Wildman–Crippen MR) is 249 cm³/mol. The van der Waals surface area contributed by atoms with Gasteiger partial charge in [0.25, 0.3) is 5.41 Å². The molecule has 0 aromatic rings. The highest BCUT2D eigenvalue weighted by molar-refractivity contribution is 6.20. The van der Waals surface area contributed by atoms with Crippen molar-refractivity contribution in [2.24, 2.45) is 11.3 Å². The number of esters is 4. The average molecular weight is 851 g/mol. The molecule has 0 saturated carbocycles. The van der Waals surface area contributed by atoms with Crippen molar-refractivity contribution in [3.05, 3.63) is 0 Å². The van der Waals surface area contributed by atoms with Gasteiger partial charge in [0, 0.05) is 0 Å². The summed E-state index contributed by atoms with van der Waals surface area (Å²) in [7, 11) is 0. The Morgan fingerprint density at radius 1 is 0.300 bits per heavy atom. The maximum atomic E-state index is 14.4. The molecule has 0 fully saturated rings. The first-order valence-corrected chi connectivity index (χ1v) is 26.1. The Labute approximate surface area is 370 Å². The number of ether oxygens (including phenoxy) is 4. The SMILES string of the molecule is CCCCCCCCCCCOC(=O)C(CC)C(C(=O)OCCCCCCCCCCC)(C(=O)OCCCCCCCCCCC)C(=O)OCCCCCCCCCCC. The Balaban J connectivity index is 5.88. The molecule has 1 atom stereocenters. The molecule has 0 aliphatic rings. The fraction of sp³-hybridized carbons (Fsp3) is 0.923. The molecule has 0 heterocycles. The van der Waals surface area contributed by atoms with Crippen LogP contribution in [-0.2, 0) is 38.1 Å². The second kappa shape index (κ2) is 43.5. The maximum Gasteiger partial charge on any atom is 0.336 e. The van der Waals surface area contributed by atoms with Crippen LogP contribution in [0.25, 0.3) is 0 Å². The minimum absolute atomic E-state index is 0.0178. The third-order valence-electron chi connectivity index (χ3n) is 12.1. The van der Waals surface area contributed by atoms with Gasteiger partial charge in [0.1, 0.15) is 0 Å².